The number of anilines is 1. The number of ether oxygens (including phenoxy) is 1. The van der Waals surface area contributed by atoms with Crippen LogP contribution in [0.3, 0.4) is 0 Å². The largest absolute Gasteiger partial charge is 0.484 e. The van der Waals surface area contributed by atoms with Crippen LogP contribution in [-0.2, 0) is 4.79 Å². The Morgan fingerprint density at radius 1 is 1.43 bits per heavy atom. The minimum absolute atomic E-state index is 0.0272. The molecule has 0 bridgehead atoms. The fourth-order valence-corrected chi connectivity index (χ4v) is 2.45. The van der Waals surface area contributed by atoms with Crippen LogP contribution in [0, 0.1) is 5.41 Å². The first kappa shape index (κ1) is 15.6. The maximum atomic E-state index is 11.9. The van der Waals surface area contributed by atoms with Gasteiger partial charge in [-0.05, 0) is 50.5 Å². The molecule has 5 nitrogen and oxygen atoms in total. The molecule has 0 radical (unpaired) electrons. The number of nitrogens with two attached hydrogens (primary N) is 1. The molecule has 1 aliphatic rings. The predicted octanol–water partition coefficient (Wildman–Crippen LogP) is 1.50. The summed E-state index contributed by atoms with van der Waals surface area (Å²) in [5.41, 5.74) is 6.49. The maximum Gasteiger partial charge on any atom is 0.257 e. The van der Waals surface area contributed by atoms with Crippen molar-refractivity contribution in [3.05, 3.63) is 24.3 Å². The van der Waals surface area contributed by atoms with Crippen molar-refractivity contribution in [3.63, 3.8) is 0 Å². The van der Waals surface area contributed by atoms with E-state index in [4.69, 9.17) is 10.5 Å². The molecule has 2 rings (SSSR count). The quantitative estimate of drug-likeness (QED) is 0.807. The van der Waals surface area contributed by atoms with Crippen molar-refractivity contribution in [3.8, 4) is 5.75 Å². The van der Waals surface area contributed by atoms with Gasteiger partial charge in [-0.3, -0.25) is 4.79 Å². The zero-order chi connectivity index (χ0) is 15.3. The number of rotatable bonds is 5. The molecule has 1 amide bonds. The Hall–Kier alpha value is -1.75. The minimum Gasteiger partial charge on any atom is -0.484 e. The Labute approximate surface area is 126 Å². The Kier molecular flexibility index (Phi) is 5.07. The number of hydrogen-bond donors (Lipinski definition) is 2. The topological polar surface area (TPSA) is 67.6 Å². The maximum absolute atomic E-state index is 11.9. The fraction of sp³-hybridized carbons (Fsp3) is 0.562. The number of carbonyl (C=O) groups excluding carboxylic acids is 1. The van der Waals surface area contributed by atoms with Gasteiger partial charge in [0.15, 0.2) is 6.61 Å². The van der Waals surface area contributed by atoms with Crippen LogP contribution in [0.1, 0.15) is 19.8 Å². The van der Waals surface area contributed by atoms with E-state index in [9.17, 15) is 4.79 Å². The summed E-state index contributed by atoms with van der Waals surface area (Å²) in [6.07, 6.45) is 2.22. The zero-order valence-electron chi connectivity index (χ0n) is 12.9. The minimum atomic E-state index is -0.0856. The van der Waals surface area contributed by atoms with Gasteiger partial charge in [0.05, 0.1) is 0 Å². The van der Waals surface area contributed by atoms with E-state index in [1.807, 2.05) is 6.07 Å². The molecule has 1 aromatic carbocycles. The first-order valence-electron chi connectivity index (χ1n) is 7.40. The van der Waals surface area contributed by atoms with Crippen LogP contribution >= 0.6 is 0 Å². The molecule has 116 valence electrons. The summed E-state index contributed by atoms with van der Waals surface area (Å²) in [6.45, 7) is 5.15. The van der Waals surface area contributed by atoms with E-state index in [0.29, 0.717) is 18.0 Å². The molecule has 1 saturated heterocycles. The second-order valence-corrected chi connectivity index (χ2v) is 6.25. The molecular weight excluding hydrogens is 266 g/mol. The summed E-state index contributed by atoms with van der Waals surface area (Å²) >= 11 is 0. The first-order valence-corrected chi connectivity index (χ1v) is 7.40. The highest BCUT2D eigenvalue weighted by Gasteiger charge is 2.29. The van der Waals surface area contributed by atoms with Crippen molar-refractivity contribution in [2.24, 2.45) is 5.41 Å². The molecule has 1 fully saturated rings. The number of nitrogens with zero attached hydrogens (tertiary/aromatic N) is 1. The molecular formula is C16H25N3O2. The van der Waals surface area contributed by atoms with E-state index in [2.05, 4.69) is 24.2 Å². The monoisotopic (exact) mass is 291 g/mol. The molecule has 0 unspecified atom stereocenters. The van der Waals surface area contributed by atoms with E-state index in [1.165, 1.54) is 0 Å². The molecule has 0 spiro atoms. The second-order valence-electron chi connectivity index (χ2n) is 6.25. The van der Waals surface area contributed by atoms with Crippen LogP contribution in [0.2, 0.25) is 0 Å². The highest BCUT2D eigenvalue weighted by Crippen LogP contribution is 2.29. The second kappa shape index (κ2) is 6.80. The summed E-state index contributed by atoms with van der Waals surface area (Å²) in [5.74, 6) is 0.535. The van der Waals surface area contributed by atoms with Crippen LogP contribution in [0.15, 0.2) is 24.3 Å². The lowest BCUT2D eigenvalue weighted by Crippen LogP contribution is -2.44. The summed E-state index contributed by atoms with van der Waals surface area (Å²) in [5, 5.41) is 2.98. The number of benzene rings is 1. The van der Waals surface area contributed by atoms with Gasteiger partial charge >= 0.3 is 0 Å². The van der Waals surface area contributed by atoms with E-state index < -0.39 is 0 Å². The Bertz CT molecular complexity index is 482. The highest BCUT2D eigenvalue weighted by molar-refractivity contribution is 5.77. The van der Waals surface area contributed by atoms with Crippen LogP contribution in [-0.4, -0.2) is 44.1 Å². The van der Waals surface area contributed by atoms with Gasteiger partial charge in [-0.15, -0.1) is 0 Å². The fourth-order valence-electron chi connectivity index (χ4n) is 2.45. The van der Waals surface area contributed by atoms with E-state index in [-0.39, 0.29) is 17.9 Å². The molecule has 3 N–H and O–H groups in total. The lowest BCUT2D eigenvalue weighted by Gasteiger charge is -2.37. The third-order valence-electron chi connectivity index (χ3n) is 4.13. The smallest absolute Gasteiger partial charge is 0.257 e. The SMILES string of the molecule is CN1CCC(C)(CNC(=O)COc2cccc(N)c2)CC1. The van der Waals surface area contributed by atoms with Crippen molar-refractivity contribution in [1.29, 1.82) is 0 Å². The van der Waals surface area contributed by atoms with Gasteiger partial charge < -0.3 is 20.7 Å². The molecule has 21 heavy (non-hydrogen) atoms. The van der Waals surface area contributed by atoms with Gasteiger partial charge in [0.2, 0.25) is 0 Å². The van der Waals surface area contributed by atoms with Crippen LogP contribution < -0.4 is 15.8 Å². The lowest BCUT2D eigenvalue weighted by molar-refractivity contribution is -0.123. The zero-order valence-corrected chi connectivity index (χ0v) is 12.9. The number of nitrogens with one attached hydrogen (secondary N) is 1. The highest BCUT2D eigenvalue weighted by atomic mass is 16.5. The standard InChI is InChI=1S/C16H25N3O2/c1-16(6-8-19(2)9-7-16)12-18-15(20)11-21-14-5-3-4-13(17)10-14/h3-5,10H,6-9,11-12,17H2,1-2H3,(H,18,20). The number of amides is 1. The molecule has 1 aliphatic heterocycles. The van der Waals surface area contributed by atoms with E-state index in [0.717, 1.165) is 25.9 Å². The normalized spacial score (nSPS) is 18.2. The summed E-state index contributed by atoms with van der Waals surface area (Å²) < 4.78 is 5.44. The van der Waals surface area contributed by atoms with E-state index in [1.54, 1.807) is 18.2 Å². The van der Waals surface area contributed by atoms with Gasteiger partial charge in [0.25, 0.3) is 5.91 Å². The molecule has 1 heterocycles. The molecule has 5 heteroatoms. The van der Waals surface area contributed by atoms with Gasteiger partial charge in [-0.2, -0.15) is 0 Å². The summed E-state index contributed by atoms with van der Waals surface area (Å²) in [4.78, 5) is 14.2. The van der Waals surface area contributed by atoms with Gasteiger partial charge in [0, 0.05) is 18.3 Å². The van der Waals surface area contributed by atoms with Crippen molar-refractivity contribution < 1.29 is 9.53 Å². The lowest BCUT2D eigenvalue weighted by atomic mass is 9.80. The third-order valence-corrected chi connectivity index (χ3v) is 4.13. The number of nitrogen functional groups attached to an aromatic ring is 1. The average molecular weight is 291 g/mol. The Balaban J connectivity index is 1.72. The Morgan fingerprint density at radius 2 is 2.14 bits per heavy atom. The van der Waals surface area contributed by atoms with Gasteiger partial charge in [0.1, 0.15) is 5.75 Å². The third kappa shape index (κ3) is 4.93. The predicted molar refractivity (Wildman–Crippen MR) is 84.2 cm³/mol. The van der Waals surface area contributed by atoms with Crippen molar-refractivity contribution >= 4 is 11.6 Å². The van der Waals surface area contributed by atoms with E-state index >= 15 is 0 Å². The number of hydrogen-bond acceptors (Lipinski definition) is 4. The van der Waals surface area contributed by atoms with Gasteiger partial charge in [-0.1, -0.05) is 13.0 Å². The molecule has 0 aliphatic carbocycles. The first-order chi connectivity index (χ1) is 9.97. The average Bonchev–Trinajstić information content (AvgIpc) is 2.47. The molecule has 0 atom stereocenters. The Morgan fingerprint density at radius 3 is 2.81 bits per heavy atom. The number of piperidine rings is 1. The van der Waals surface area contributed by atoms with Crippen molar-refractivity contribution in [2.45, 2.75) is 19.8 Å². The summed E-state index contributed by atoms with van der Waals surface area (Å²) in [6, 6.07) is 7.10. The molecule has 0 saturated carbocycles. The summed E-state index contributed by atoms with van der Waals surface area (Å²) in [7, 11) is 2.14. The van der Waals surface area contributed by atoms with Crippen molar-refractivity contribution in [2.75, 3.05) is 39.0 Å². The molecule has 0 aromatic heterocycles. The van der Waals surface area contributed by atoms with Crippen LogP contribution in [0.4, 0.5) is 5.69 Å². The van der Waals surface area contributed by atoms with Crippen LogP contribution in [0.25, 0.3) is 0 Å². The number of carbonyl (C=O) groups is 1. The van der Waals surface area contributed by atoms with Gasteiger partial charge in [-0.25, -0.2) is 0 Å². The molecule has 1 aromatic rings. The van der Waals surface area contributed by atoms with Crippen LogP contribution in [0.5, 0.6) is 5.75 Å². The number of likely N-dealkylation sites (tertiary alicyclic amines) is 1. The van der Waals surface area contributed by atoms with Crippen molar-refractivity contribution in [1.82, 2.24) is 10.2 Å².